The summed E-state index contributed by atoms with van der Waals surface area (Å²) >= 11 is 0. The number of benzene rings is 2. The highest BCUT2D eigenvalue weighted by Gasteiger charge is 2.23. The van der Waals surface area contributed by atoms with Gasteiger partial charge in [0.1, 0.15) is 5.82 Å². The molecule has 1 atom stereocenters. The zero-order valence-electron chi connectivity index (χ0n) is 20.8. The minimum Gasteiger partial charge on any atom is -0.469 e. The van der Waals surface area contributed by atoms with Crippen LogP contribution in [0.25, 0.3) is 16.7 Å². The average Bonchev–Trinajstić information content (AvgIpc) is 3.41. The molecule has 8 nitrogen and oxygen atoms in total. The van der Waals surface area contributed by atoms with Gasteiger partial charge in [-0.25, -0.2) is 9.67 Å². The van der Waals surface area contributed by atoms with E-state index >= 15 is 0 Å². The van der Waals surface area contributed by atoms with Crippen LogP contribution in [0.2, 0.25) is 0 Å². The van der Waals surface area contributed by atoms with Crippen LogP contribution in [0, 0.1) is 19.8 Å². The molecule has 2 heterocycles. The number of amides is 1. The second kappa shape index (κ2) is 10.1. The summed E-state index contributed by atoms with van der Waals surface area (Å²) in [5, 5.41) is 7.77. The number of imidazole rings is 1. The SMILES string of the molecule is COC(=O)CCc1c(C)nn(-c2ccc(C(=O)NC(c3nc4ccccc4[nH]3)C(C)C)cc2)c1C. The Morgan fingerprint density at radius 1 is 1.09 bits per heavy atom. The zero-order chi connectivity index (χ0) is 25.1. The lowest BCUT2D eigenvalue weighted by molar-refractivity contribution is -0.140. The Hall–Kier alpha value is -3.94. The predicted molar refractivity (Wildman–Crippen MR) is 135 cm³/mol. The first-order chi connectivity index (χ1) is 16.8. The minimum absolute atomic E-state index is 0.150. The third-order valence-corrected chi connectivity index (χ3v) is 6.28. The molecule has 0 fully saturated rings. The third kappa shape index (κ3) is 5.11. The number of carbonyl (C=O) groups excluding carboxylic acids is 2. The molecule has 8 heteroatoms. The molecule has 2 aromatic carbocycles. The molecule has 0 saturated carbocycles. The smallest absolute Gasteiger partial charge is 0.305 e. The maximum atomic E-state index is 13.1. The second-order valence-corrected chi connectivity index (χ2v) is 9.02. The number of carbonyl (C=O) groups is 2. The van der Waals surface area contributed by atoms with E-state index in [-0.39, 0.29) is 23.8 Å². The molecule has 4 aromatic rings. The highest BCUT2D eigenvalue weighted by molar-refractivity contribution is 5.94. The van der Waals surface area contributed by atoms with Crippen LogP contribution in [0.15, 0.2) is 48.5 Å². The number of aryl methyl sites for hydroxylation is 1. The van der Waals surface area contributed by atoms with E-state index in [0.29, 0.717) is 18.4 Å². The van der Waals surface area contributed by atoms with Crippen molar-refractivity contribution in [2.75, 3.05) is 7.11 Å². The van der Waals surface area contributed by atoms with Crippen molar-refractivity contribution >= 4 is 22.9 Å². The molecule has 0 radical (unpaired) electrons. The van der Waals surface area contributed by atoms with Crippen LogP contribution < -0.4 is 5.32 Å². The van der Waals surface area contributed by atoms with Crippen LogP contribution in [0.1, 0.15) is 59.4 Å². The van der Waals surface area contributed by atoms with Crippen molar-refractivity contribution in [2.24, 2.45) is 5.92 Å². The summed E-state index contributed by atoms with van der Waals surface area (Å²) in [6.45, 7) is 8.03. The highest BCUT2D eigenvalue weighted by atomic mass is 16.5. The lowest BCUT2D eigenvalue weighted by Gasteiger charge is -2.20. The van der Waals surface area contributed by atoms with Crippen LogP contribution in [0.4, 0.5) is 0 Å². The third-order valence-electron chi connectivity index (χ3n) is 6.28. The number of methoxy groups -OCH3 is 1. The normalized spacial score (nSPS) is 12.2. The van der Waals surface area contributed by atoms with E-state index in [1.165, 1.54) is 7.11 Å². The standard InChI is InChI=1S/C27H31N5O3/c1-16(2)25(26-28-22-8-6-7-9-23(22)29-26)30-27(34)19-10-12-20(13-11-19)32-18(4)21(17(3)31-32)14-15-24(33)35-5/h6-13,16,25H,14-15H2,1-5H3,(H,28,29)(H,30,34). The van der Waals surface area contributed by atoms with E-state index < -0.39 is 0 Å². The molecule has 2 aromatic heterocycles. The van der Waals surface area contributed by atoms with Crippen LogP contribution in [0.3, 0.4) is 0 Å². The molecule has 0 aliphatic rings. The summed E-state index contributed by atoms with van der Waals surface area (Å²) in [6, 6.07) is 14.9. The molecule has 4 rings (SSSR count). The molecule has 0 saturated heterocycles. The largest absolute Gasteiger partial charge is 0.469 e. The topological polar surface area (TPSA) is 102 Å². The van der Waals surface area contributed by atoms with Crippen molar-refractivity contribution in [2.45, 2.75) is 46.6 Å². The van der Waals surface area contributed by atoms with Crippen LogP contribution in [-0.2, 0) is 16.0 Å². The van der Waals surface area contributed by atoms with Gasteiger partial charge in [-0.3, -0.25) is 9.59 Å². The Bertz CT molecular complexity index is 1320. The van der Waals surface area contributed by atoms with Gasteiger partial charge in [-0.2, -0.15) is 5.10 Å². The van der Waals surface area contributed by atoms with Gasteiger partial charge in [-0.05, 0) is 68.1 Å². The maximum absolute atomic E-state index is 13.1. The van der Waals surface area contributed by atoms with Crippen molar-refractivity contribution in [3.63, 3.8) is 0 Å². The van der Waals surface area contributed by atoms with Gasteiger partial charge in [0.25, 0.3) is 5.91 Å². The number of H-pyrrole nitrogens is 1. The summed E-state index contributed by atoms with van der Waals surface area (Å²) in [5.41, 5.74) is 6.10. The Balaban J connectivity index is 1.51. The number of nitrogens with one attached hydrogen (secondary N) is 2. The van der Waals surface area contributed by atoms with Crippen LogP contribution >= 0.6 is 0 Å². The fourth-order valence-electron chi connectivity index (χ4n) is 4.27. The summed E-state index contributed by atoms with van der Waals surface area (Å²) < 4.78 is 6.60. The van der Waals surface area contributed by atoms with E-state index in [1.54, 1.807) is 12.1 Å². The number of rotatable bonds is 8. The zero-order valence-corrected chi connectivity index (χ0v) is 20.8. The second-order valence-electron chi connectivity index (χ2n) is 9.02. The number of hydrogen-bond donors (Lipinski definition) is 2. The molecule has 35 heavy (non-hydrogen) atoms. The van der Waals surface area contributed by atoms with E-state index in [2.05, 4.69) is 34.2 Å². The summed E-state index contributed by atoms with van der Waals surface area (Å²) in [5.74, 6) is 0.488. The number of aromatic amines is 1. The molecular weight excluding hydrogens is 442 g/mol. The molecule has 0 bridgehead atoms. The van der Waals surface area contributed by atoms with Crippen LogP contribution in [-0.4, -0.2) is 38.7 Å². The minimum atomic E-state index is -0.247. The first-order valence-corrected chi connectivity index (χ1v) is 11.8. The number of nitrogens with zero attached hydrogens (tertiary/aromatic N) is 3. The van der Waals surface area contributed by atoms with E-state index in [9.17, 15) is 9.59 Å². The fraction of sp³-hybridized carbons (Fsp3) is 0.333. The van der Waals surface area contributed by atoms with Gasteiger partial charge in [0.05, 0.1) is 35.6 Å². The first kappa shape index (κ1) is 24.2. The van der Waals surface area contributed by atoms with Gasteiger partial charge >= 0.3 is 5.97 Å². The Kier molecular flexibility index (Phi) is 7.00. The molecule has 182 valence electrons. The van der Waals surface area contributed by atoms with Crippen molar-refractivity contribution < 1.29 is 14.3 Å². The molecular formula is C27H31N5O3. The lowest BCUT2D eigenvalue weighted by Crippen LogP contribution is -2.32. The number of hydrogen-bond acceptors (Lipinski definition) is 5. The summed E-state index contributed by atoms with van der Waals surface area (Å²) in [7, 11) is 1.39. The van der Waals surface area contributed by atoms with Crippen LogP contribution in [0.5, 0.6) is 0 Å². The molecule has 0 spiro atoms. The number of para-hydroxylation sites is 2. The molecule has 2 N–H and O–H groups in total. The number of fused-ring (bicyclic) bond motifs is 1. The van der Waals surface area contributed by atoms with Gasteiger partial charge in [-0.1, -0.05) is 26.0 Å². The Morgan fingerprint density at radius 3 is 2.46 bits per heavy atom. The molecule has 1 unspecified atom stereocenters. The van der Waals surface area contributed by atoms with E-state index in [4.69, 9.17) is 4.74 Å². The lowest BCUT2D eigenvalue weighted by atomic mass is 10.0. The van der Waals surface area contributed by atoms with Gasteiger partial charge in [0.15, 0.2) is 0 Å². The van der Waals surface area contributed by atoms with Crippen molar-refractivity contribution in [3.05, 3.63) is 76.9 Å². The molecule has 0 aliphatic carbocycles. The van der Waals surface area contributed by atoms with Crippen molar-refractivity contribution in [1.82, 2.24) is 25.1 Å². The summed E-state index contributed by atoms with van der Waals surface area (Å²) in [6.07, 6.45) is 0.883. The monoisotopic (exact) mass is 473 g/mol. The van der Waals surface area contributed by atoms with Gasteiger partial charge in [0, 0.05) is 17.7 Å². The highest BCUT2D eigenvalue weighted by Crippen LogP contribution is 2.24. The van der Waals surface area contributed by atoms with Crippen molar-refractivity contribution in [3.8, 4) is 5.69 Å². The Morgan fingerprint density at radius 2 is 1.80 bits per heavy atom. The van der Waals surface area contributed by atoms with E-state index in [1.807, 2.05) is 54.9 Å². The quantitative estimate of drug-likeness (QED) is 0.364. The number of esters is 1. The van der Waals surface area contributed by atoms with Crippen molar-refractivity contribution in [1.29, 1.82) is 0 Å². The molecule has 0 aliphatic heterocycles. The van der Waals surface area contributed by atoms with Gasteiger partial charge < -0.3 is 15.0 Å². The fourth-order valence-corrected chi connectivity index (χ4v) is 4.27. The van der Waals surface area contributed by atoms with E-state index in [0.717, 1.165) is 39.5 Å². The Labute approximate surface area is 204 Å². The maximum Gasteiger partial charge on any atom is 0.305 e. The molecule has 1 amide bonds. The predicted octanol–water partition coefficient (Wildman–Crippen LogP) is 4.60. The average molecular weight is 474 g/mol. The summed E-state index contributed by atoms with van der Waals surface area (Å²) in [4.78, 5) is 32.6. The first-order valence-electron chi connectivity index (χ1n) is 11.8. The number of ether oxygens (including phenoxy) is 1. The number of aromatic nitrogens is 4. The van der Waals surface area contributed by atoms with Gasteiger partial charge in [0.2, 0.25) is 0 Å². The van der Waals surface area contributed by atoms with Gasteiger partial charge in [-0.15, -0.1) is 0 Å².